The summed E-state index contributed by atoms with van der Waals surface area (Å²) < 4.78 is 35.8. The topological polar surface area (TPSA) is 12.0 Å². The van der Waals surface area contributed by atoms with Gasteiger partial charge in [-0.05, 0) is 30.3 Å². The summed E-state index contributed by atoms with van der Waals surface area (Å²) in [4.78, 5) is 0. The summed E-state index contributed by atoms with van der Waals surface area (Å²) in [7, 11) is 0. The van der Waals surface area contributed by atoms with Crippen molar-refractivity contribution in [3.8, 4) is 0 Å². The molecule has 0 radical (unpaired) electrons. The largest absolute Gasteiger partial charge is 0.441 e. The fraction of sp³-hybridized carbons (Fsp3) is 0.455. The van der Waals surface area contributed by atoms with Crippen molar-refractivity contribution in [2.75, 3.05) is 12.3 Å². The third-order valence-corrected chi connectivity index (χ3v) is 4.39. The van der Waals surface area contributed by atoms with Gasteiger partial charge in [-0.1, -0.05) is 40.9 Å². The molecule has 108 valence electrons. The molecule has 1 aromatic carbocycles. The van der Waals surface area contributed by atoms with E-state index in [1.807, 2.05) is 0 Å². The Morgan fingerprint density at radius 3 is 2.42 bits per heavy atom. The summed E-state index contributed by atoms with van der Waals surface area (Å²) in [6.07, 6.45) is 0. The van der Waals surface area contributed by atoms with E-state index in [0.717, 1.165) is 0 Å². The lowest BCUT2D eigenvalue weighted by molar-refractivity contribution is -0.0327. The lowest BCUT2D eigenvalue weighted by Crippen LogP contribution is -2.22. The summed E-state index contributed by atoms with van der Waals surface area (Å²) in [6, 6.07) is 3.09. The molecule has 1 rings (SSSR count). The first kappa shape index (κ1) is 17.2. The van der Waals surface area contributed by atoms with E-state index in [1.165, 1.54) is 0 Å². The SMILES string of the molecule is CC(NCCSC(F)(F)F)c1ccc(Cl)c(Cl)c1Cl. The van der Waals surface area contributed by atoms with Gasteiger partial charge in [-0.3, -0.25) is 0 Å². The van der Waals surface area contributed by atoms with Crippen molar-refractivity contribution in [3.05, 3.63) is 32.8 Å². The maximum absolute atomic E-state index is 11.9. The third kappa shape index (κ3) is 5.60. The Morgan fingerprint density at radius 1 is 1.21 bits per heavy atom. The van der Waals surface area contributed by atoms with Gasteiger partial charge in [0.15, 0.2) is 0 Å². The first-order valence-corrected chi connectivity index (χ1v) is 7.42. The fourth-order valence-electron chi connectivity index (χ4n) is 1.43. The highest BCUT2D eigenvalue weighted by atomic mass is 35.5. The molecule has 0 aliphatic carbocycles. The highest BCUT2D eigenvalue weighted by Crippen LogP contribution is 2.35. The molecule has 0 aromatic heterocycles. The van der Waals surface area contributed by atoms with E-state index in [2.05, 4.69) is 5.32 Å². The molecule has 0 spiro atoms. The van der Waals surface area contributed by atoms with Crippen LogP contribution in [0.1, 0.15) is 18.5 Å². The van der Waals surface area contributed by atoms with Crippen LogP contribution in [0.4, 0.5) is 13.2 Å². The highest BCUT2D eigenvalue weighted by molar-refractivity contribution is 8.00. The second kappa shape index (κ2) is 7.27. The molecule has 0 heterocycles. The maximum atomic E-state index is 11.9. The minimum absolute atomic E-state index is 0.0621. The number of rotatable bonds is 5. The van der Waals surface area contributed by atoms with Crippen molar-refractivity contribution in [2.45, 2.75) is 18.5 Å². The molecular weight excluding hydrogens is 342 g/mol. The molecule has 0 bridgehead atoms. The van der Waals surface area contributed by atoms with Gasteiger partial charge in [0.1, 0.15) is 0 Å². The quantitative estimate of drug-likeness (QED) is 0.551. The molecule has 0 saturated heterocycles. The van der Waals surface area contributed by atoms with Crippen LogP contribution in [0.15, 0.2) is 12.1 Å². The smallest absolute Gasteiger partial charge is 0.309 e. The van der Waals surface area contributed by atoms with Crippen LogP contribution < -0.4 is 5.32 Å². The van der Waals surface area contributed by atoms with Crippen LogP contribution in [0.5, 0.6) is 0 Å². The molecule has 0 fully saturated rings. The Kier molecular flexibility index (Phi) is 6.60. The van der Waals surface area contributed by atoms with Crippen molar-refractivity contribution >= 4 is 46.6 Å². The van der Waals surface area contributed by atoms with Gasteiger partial charge in [-0.15, -0.1) is 0 Å². The Morgan fingerprint density at radius 2 is 1.84 bits per heavy atom. The van der Waals surface area contributed by atoms with Crippen molar-refractivity contribution in [1.29, 1.82) is 0 Å². The number of halogens is 6. The molecule has 0 amide bonds. The molecule has 1 N–H and O–H groups in total. The van der Waals surface area contributed by atoms with Crippen LogP contribution in [-0.2, 0) is 0 Å². The minimum atomic E-state index is -4.20. The van der Waals surface area contributed by atoms with E-state index in [4.69, 9.17) is 34.8 Å². The van der Waals surface area contributed by atoms with Crippen LogP contribution in [-0.4, -0.2) is 17.8 Å². The van der Waals surface area contributed by atoms with E-state index >= 15 is 0 Å². The number of alkyl halides is 3. The molecule has 19 heavy (non-hydrogen) atoms. The lowest BCUT2D eigenvalue weighted by atomic mass is 10.1. The zero-order valence-electron chi connectivity index (χ0n) is 9.82. The van der Waals surface area contributed by atoms with Gasteiger partial charge < -0.3 is 5.32 Å². The Labute approximate surface area is 128 Å². The second-order valence-electron chi connectivity index (χ2n) is 3.73. The van der Waals surface area contributed by atoms with Gasteiger partial charge in [-0.2, -0.15) is 13.2 Å². The van der Waals surface area contributed by atoms with Crippen LogP contribution in [0.25, 0.3) is 0 Å². The first-order chi connectivity index (χ1) is 8.72. The zero-order chi connectivity index (χ0) is 14.6. The molecule has 0 aliphatic heterocycles. The molecule has 1 atom stereocenters. The zero-order valence-corrected chi connectivity index (χ0v) is 12.9. The van der Waals surface area contributed by atoms with Crippen LogP contribution >= 0.6 is 46.6 Å². The maximum Gasteiger partial charge on any atom is 0.441 e. The normalized spacial score (nSPS) is 13.6. The fourth-order valence-corrected chi connectivity index (χ4v) is 2.59. The number of benzene rings is 1. The Hall–Kier alpha value is 0.190. The van der Waals surface area contributed by atoms with Crippen molar-refractivity contribution < 1.29 is 13.2 Å². The molecule has 0 saturated carbocycles. The highest BCUT2D eigenvalue weighted by Gasteiger charge is 2.27. The molecule has 1 aromatic rings. The number of hydrogen-bond donors (Lipinski definition) is 1. The monoisotopic (exact) mass is 351 g/mol. The number of nitrogens with one attached hydrogen (secondary N) is 1. The summed E-state index contributed by atoms with van der Waals surface area (Å²) in [6.45, 7) is 2.01. The molecular formula is C11H11Cl3F3NS. The van der Waals surface area contributed by atoms with Gasteiger partial charge in [0, 0.05) is 18.3 Å². The summed E-state index contributed by atoms with van der Waals surface area (Å²) >= 11 is 17.7. The average Bonchev–Trinajstić information content (AvgIpc) is 2.30. The van der Waals surface area contributed by atoms with Gasteiger partial charge in [-0.25, -0.2) is 0 Å². The van der Waals surface area contributed by atoms with Crippen molar-refractivity contribution in [1.82, 2.24) is 5.32 Å². The summed E-state index contributed by atoms with van der Waals surface area (Å²) in [5.41, 5.74) is -3.50. The van der Waals surface area contributed by atoms with E-state index in [0.29, 0.717) is 15.6 Å². The predicted molar refractivity (Wildman–Crippen MR) is 76.4 cm³/mol. The lowest BCUT2D eigenvalue weighted by Gasteiger charge is -2.17. The third-order valence-electron chi connectivity index (χ3n) is 2.35. The van der Waals surface area contributed by atoms with Crippen molar-refractivity contribution in [3.63, 3.8) is 0 Å². The summed E-state index contributed by atoms with van der Waals surface area (Å²) in [5.74, 6) is -0.0627. The van der Waals surface area contributed by atoms with Crippen molar-refractivity contribution in [2.24, 2.45) is 0 Å². The van der Waals surface area contributed by atoms with Gasteiger partial charge in [0.2, 0.25) is 0 Å². The van der Waals surface area contributed by atoms with Crippen LogP contribution in [0, 0.1) is 0 Å². The molecule has 1 unspecified atom stereocenters. The Balaban J connectivity index is 2.55. The first-order valence-electron chi connectivity index (χ1n) is 5.30. The molecule has 8 heteroatoms. The van der Waals surface area contributed by atoms with E-state index < -0.39 is 5.51 Å². The minimum Gasteiger partial charge on any atom is -0.309 e. The van der Waals surface area contributed by atoms with E-state index in [1.54, 1.807) is 19.1 Å². The standard InChI is InChI=1S/C11H11Cl3F3NS/c1-6(18-4-5-19-11(15,16)17)7-2-3-8(12)10(14)9(7)13/h2-3,6,18H,4-5H2,1H3. The Bertz CT molecular complexity index is 440. The summed E-state index contributed by atoms with van der Waals surface area (Å²) in [5, 5.41) is 3.86. The second-order valence-corrected chi connectivity index (χ2v) is 6.06. The van der Waals surface area contributed by atoms with Gasteiger partial charge >= 0.3 is 5.51 Å². The predicted octanol–water partition coefficient (Wildman–Crippen LogP) is 5.55. The molecule has 0 aliphatic rings. The van der Waals surface area contributed by atoms with E-state index in [-0.39, 0.29) is 35.1 Å². The molecule has 1 nitrogen and oxygen atoms in total. The number of hydrogen-bond acceptors (Lipinski definition) is 2. The average molecular weight is 353 g/mol. The van der Waals surface area contributed by atoms with E-state index in [9.17, 15) is 13.2 Å². The van der Waals surface area contributed by atoms with Crippen LogP contribution in [0.2, 0.25) is 15.1 Å². The number of thioether (sulfide) groups is 1. The van der Waals surface area contributed by atoms with Gasteiger partial charge in [0.25, 0.3) is 0 Å². The van der Waals surface area contributed by atoms with Crippen LogP contribution in [0.3, 0.4) is 0 Å². The van der Waals surface area contributed by atoms with Gasteiger partial charge in [0.05, 0.1) is 15.1 Å².